The molecule has 3 amide bonds. The number of carbonyl (C=O) groups excluding carboxylic acids is 3. The number of para-hydroxylation sites is 1. The molecule has 0 aromatic heterocycles. The minimum absolute atomic E-state index is 0.127. The number of hydrogen-bond donors (Lipinski definition) is 2. The van der Waals surface area contributed by atoms with Crippen LogP contribution in [0.5, 0.6) is 0 Å². The Kier molecular flexibility index (Phi) is 7.08. The van der Waals surface area contributed by atoms with Crippen molar-refractivity contribution in [2.45, 2.75) is 45.5 Å². The van der Waals surface area contributed by atoms with E-state index in [1.807, 2.05) is 38.1 Å². The van der Waals surface area contributed by atoms with Crippen LogP contribution < -0.4 is 10.6 Å². The van der Waals surface area contributed by atoms with Crippen LogP contribution in [0.2, 0.25) is 0 Å². The average molecular weight is 378 g/mol. The molecule has 6 nitrogen and oxygen atoms in total. The van der Waals surface area contributed by atoms with Crippen LogP contribution in [-0.4, -0.2) is 40.4 Å². The van der Waals surface area contributed by atoms with E-state index in [0.29, 0.717) is 12.5 Å². The number of benzene rings is 1. The van der Waals surface area contributed by atoms with Gasteiger partial charge in [-0.05, 0) is 23.5 Å². The number of anilines is 1. The molecular weight excluding hydrogens is 350 g/mol. The number of carbonyl (C=O) groups is 3. The lowest BCUT2D eigenvalue weighted by molar-refractivity contribution is -0.142. The molecule has 142 valence electrons. The third kappa shape index (κ3) is 5.49. The Morgan fingerprint density at radius 1 is 1.27 bits per heavy atom. The number of nitrogens with zero attached hydrogens (tertiary/aromatic N) is 1. The van der Waals surface area contributed by atoms with Gasteiger partial charge in [0, 0.05) is 12.2 Å². The van der Waals surface area contributed by atoms with Gasteiger partial charge >= 0.3 is 0 Å². The zero-order valence-corrected chi connectivity index (χ0v) is 16.6. The van der Waals surface area contributed by atoms with Crippen molar-refractivity contribution in [1.29, 1.82) is 0 Å². The van der Waals surface area contributed by atoms with E-state index in [4.69, 9.17) is 0 Å². The van der Waals surface area contributed by atoms with Crippen molar-refractivity contribution in [3.05, 3.63) is 29.8 Å². The first kappa shape index (κ1) is 20.3. The fourth-order valence-electron chi connectivity index (χ4n) is 2.81. The van der Waals surface area contributed by atoms with Crippen LogP contribution in [0.15, 0.2) is 24.3 Å². The number of hydrogen-bond acceptors (Lipinski definition) is 4. The summed E-state index contributed by atoms with van der Waals surface area (Å²) in [6.07, 6.45) is -0.127. The lowest BCUT2D eigenvalue weighted by Crippen LogP contribution is -2.56. The molecule has 26 heavy (non-hydrogen) atoms. The molecule has 0 saturated carbocycles. The summed E-state index contributed by atoms with van der Waals surface area (Å²) in [5, 5.41) is 5.73. The molecule has 1 fully saturated rings. The SMILES string of the molecule is CC(C)CN1C(=O)CC(=O)NC1SCC(=O)Nc1ccccc1C(C)C. The molecule has 2 rings (SSSR count). The van der Waals surface area contributed by atoms with Gasteiger partial charge in [-0.3, -0.25) is 14.4 Å². The van der Waals surface area contributed by atoms with Crippen LogP contribution in [0.3, 0.4) is 0 Å². The highest BCUT2D eigenvalue weighted by atomic mass is 32.2. The predicted octanol–water partition coefficient (Wildman–Crippen LogP) is 2.77. The first-order valence-electron chi connectivity index (χ1n) is 8.87. The summed E-state index contributed by atoms with van der Waals surface area (Å²) in [5.41, 5.74) is 1.38. The molecule has 1 aliphatic heterocycles. The van der Waals surface area contributed by atoms with Crippen molar-refractivity contribution in [2.75, 3.05) is 17.6 Å². The Bertz CT molecular complexity index is 676. The van der Waals surface area contributed by atoms with Crippen LogP contribution in [0, 0.1) is 5.92 Å². The Labute approximate surface area is 159 Å². The van der Waals surface area contributed by atoms with Crippen LogP contribution in [0.4, 0.5) is 5.69 Å². The van der Waals surface area contributed by atoms with Crippen LogP contribution in [0.25, 0.3) is 0 Å². The summed E-state index contributed by atoms with van der Waals surface area (Å²) in [5.74, 6) is 0.0994. The first-order valence-corrected chi connectivity index (χ1v) is 9.92. The summed E-state index contributed by atoms with van der Waals surface area (Å²) in [4.78, 5) is 37.9. The smallest absolute Gasteiger partial charge is 0.234 e. The number of thioether (sulfide) groups is 1. The van der Waals surface area contributed by atoms with Gasteiger partial charge < -0.3 is 15.5 Å². The monoisotopic (exact) mass is 377 g/mol. The maximum absolute atomic E-state index is 12.4. The van der Waals surface area contributed by atoms with E-state index in [9.17, 15) is 14.4 Å². The molecule has 2 N–H and O–H groups in total. The maximum atomic E-state index is 12.4. The zero-order chi connectivity index (χ0) is 19.3. The van der Waals surface area contributed by atoms with E-state index >= 15 is 0 Å². The number of nitrogens with one attached hydrogen (secondary N) is 2. The topological polar surface area (TPSA) is 78.5 Å². The van der Waals surface area contributed by atoms with E-state index in [2.05, 4.69) is 24.5 Å². The van der Waals surface area contributed by atoms with Gasteiger partial charge in [0.05, 0.1) is 5.75 Å². The van der Waals surface area contributed by atoms with Crippen molar-refractivity contribution in [2.24, 2.45) is 5.92 Å². The van der Waals surface area contributed by atoms with Crippen LogP contribution in [-0.2, 0) is 14.4 Å². The third-order valence-corrected chi connectivity index (χ3v) is 5.11. The Balaban J connectivity index is 1.98. The fourth-order valence-corrected chi connectivity index (χ4v) is 3.79. The second-order valence-electron chi connectivity index (χ2n) is 7.14. The van der Waals surface area contributed by atoms with Gasteiger partial charge in [-0.1, -0.05) is 45.9 Å². The normalized spacial score (nSPS) is 17.6. The molecule has 0 aliphatic carbocycles. The van der Waals surface area contributed by atoms with Gasteiger partial charge in [-0.15, -0.1) is 11.8 Å². The second-order valence-corrected chi connectivity index (χ2v) is 8.21. The van der Waals surface area contributed by atoms with E-state index in [1.54, 1.807) is 4.90 Å². The zero-order valence-electron chi connectivity index (χ0n) is 15.7. The standard InChI is InChI=1S/C19H27N3O3S/c1-12(2)10-22-18(25)9-16(23)21-19(22)26-11-17(24)20-15-8-6-5-7-14(15)13(3)4/h5-8,12-13,19H,9-11H2,1-4H3,(H,20,24)(H,21,23). The third-order valence-electron chi connectivity index (χ3n) is 3.99. The largest absolute Gasteiger partial charge is 0.327 e. The van der Waals surface area contributed by atoms with Gasteiger partial charge in [0.1, 0.15) is 6.42 Å². The molecule has 1 aromatic rings. The predicted molar refractivity (Wildman–Crippen MR) is 105 cm³/mol. The molecule has 1 heterocycles. The molecule has 1 unspecified atom stereocenters. The summed E-state index contributed by atoms with van der Waals surface area (Å²) >= 11 is 1.26. The second kappa shape index (κ2) is 9.07. The van der Waals surface area contributed by atoms with Gasteiger partial charge in [0.15, 0.2) is 5.50 Å². The van der Waals surface area contributed by atoms with Crippen molar-refractivity contribution in [3.63, 3.8) is 0 Å². The highest BCUT2D eigenvalue weighted by Gasteiger charge is 2.33. The van der Waals surface area contributed by atoms with E-state index in [1.165, 1.54) is 11.8 Å². The molecule has 0 bridgehead atoms. The molecule has 1 atom stereocenters. The van der Waals surface area contributed by atoms with E-state index in [0.717, 1.165) is 11.3 Å². The molecule has 1 aliphatic rings. The Morgan fingerprint density at radius 3 is 2.62 bits per heavy atom. The summed E-state index contributed by atoms with van der Waals surface area (Å²) in [7, 11) is 0. The van der Waals surface area contributed by atoms with Crippen LogP contribution in [0.1, 0.15) is 45.6 Å². The fraction of sp³-hybridized carbons (Fsp3) is 0.526. The van der Waals surface area contributed by atoms with Crippen molar-refractivity contribution < 1.29 is 14.4 Å². The van der Waals surface area contributed by atoms with E-state index in [-0.39, 0.29) is 35.8 Å². The molecule has 0 radical (unpaired) electrons. The number of rotatable bonds is 7. The Hall–Kier alpha value is -2.02. The summed E-state index contributed by atoms with van der Waals surface area (Å²) < 4.78 is 0. The summed E-state index contributed by atoms with van der Waals surface area (Å²) in [6.45, 7) is 8.73. The van der Waals surface area contributed by atoms with Crippen molar-refractivity contribution in [1.82, 2.24) is 10.2 Å². The summed E-state index contributed by atoms with van der Waals surface area (Å²) in [6, 6.07) is 7.72. The maximum Gasteiger partial charge on any atom is 0.234 e. The quantitative estimate of drug-likeness (QED) is 0.716. The lowest BCUT2D eigenvalue weighted by Gasteiger charge is -2.36. The van der Waals surface area contributed by atoms with Gasteiger partial charge in [0.25, 0.3) is 0 Å². The highest BCUT2D eigenvalue weighted by molar-refractivity contribution is 8.00. The molecular formula is C19H27N3O3S. The molecule has 1 saturated heterocycles. The highest BCUT2D eigenvalue weighted by Crippen LogP contribution is 2.25. The first-order chi connectivity index (χ1) is 12.3. The minimum atomic E-state index is -0.503. The average Bonchev–Trinajstić information content (AvgIpc) is 2.55. The van der Waals surface area contributed by atoms with Crippen molar-refractivity contribution in [3.8, 4) is 0 Å². The van der Waals surface area contributed by atoms with Gasteiger partial charge in [-0.2, -0.15) is 0 Å². The van der Waals surface area contributed by atoms with Crippen LogP contribution >= 0.6 is 11.8 Å². The van der Waals surface area contributed by atoms with E-state index < -0.39 is 5.50 Å². The van der Waals surface area contributed by atoms with Crippen molar-refractivity contribution >= 4 is 35.2 Å². The van der Waals surface area contributed by atoms with Gasteiger partial charge in [0.2, 0.25) is 17.7 Å². The minimum Gasteiger partial charge on any atom is -0.327 e. The Morgan fingerprint density at radius 2 is 1.96 bits per heavy atom. The van der Waals surface area contributed by atoms with Gasteiger partial charge in [-0.25, -0.2) is 0 Å². The molecule has 0 spiro atoms. The number of amides is 3. The molecule has 7 heteroatoms. The lowest BCUT2D eigenvalue weighted by atomic mass is 10.0. The molecule has 1 aromatic carbocycles.